The molecule has 2 atom stereocenters. The number of nitrogens with two attached hydrogens (primary N) is 2. The highest BCUT2D eigenvalue weighted by atomic mass is 16.5. The molecule has 0 aromatic carbocycles. The van der Waals surface area contributed by atoms with E-state index in [1.165, 1.54) is 0 Å². The molecule has 0 saturated heterocycles. The summed E-state index contributed by atoms with van der Waals surface area (Å²) in [4.78, 5) is 42.3. The second-order valence-electron chi connectivity index (χ2n) is 3.37. The molecule has 0 aliphatic carbocycles. The molecule has 0 bridgehead atoms. The fourth-order valence-electron chi connectivity index (χ4n) is 1.11. The van der Waals surface area contributed by atoms with Gasteiger partial charge in [0, 0.05) is 0 Å². The average Bonchev–Trinajstić information content (AvgIpc) is 2.13. The van der Waals surface area contributed by atoms with Gasteiger partial charge in [-0.15, -0.1) is 0 Å². The molecule has 0 aliphatic rings. The van der Waals surface area contributed by atoms with Crippen LogP contribution < -0.4 is 11.5 Å². The molecule has 0 aliphatic heterocycles. The van der Waals surface area contributed by atoms with Crippen LogP contribution in [0.15, 0.2) is 0 Å². The van der Waals surface area contributed by atoms with E-state index in [2.05, 4.69) is 4.74 Å². The highest BCUT2D eigenvalue weighted by Gasteiger charge is 2.39. The second-order valence-corrected chi connectivity index (χ2v) is 3.37. The van der Waals surface area contributed by atoms with Crippen molar-refractivity contribution in [3.05, 3.63) is 0 Å². The van der Waals surface area contributed by atoms with Crippen molar-refractivity contribution >= 4 is 23.9 Å². The van der Waals surface area contributed by atoms with Gasteiger partial charge < -0.3 is 36.6 Å². The van der Waals surface area contributed by atoms with Gasteiger partial charge in [0.05, 0.1) is 0 Å². The van der Waals surface area contributed by atoms with Crippen molar-refractivity contribution in [3.63, 3.8) is 0 Å². The molecule has 11 heteroatoms. The van der Waals surface area contributed by atoms with Crippen molar-refractivity contribution < 1.29 is 44.3 Å². The van der Waals surface area contributed by atoms with E-state index in [1.807, 2.05) is 0 Å². The van der Waals surface area contributed by atoms with Crippen LogP contribution in [-0.2, 0) is 23.9 Å². The third kappa shape index (κ3) is 4.50. The Balaban J connectivity index is 4.92. The van der Waals surface area contributed by atoms with E-state index < -0.39 is 48.2 Å². The molecule has 0 saturated carbocycles. The van der Waals surface area contributed by atoms with Gasteiger partial charge in [-0.2, -0.15) is 0 Å². The van der Waals surface area contributed by atoms with E-state index in [9.17, 15) is 19.2 Å². The third-order valence-corrected chi connectivity index (χ3v) is 2.04. The summed E-state index contributed by atoms with van der Waals surface area (Å²) >= 11 is 0. The number of carboxylic acid groups (broad SMARTS) is 4. The van der Waals surface area contributed by atoms with E-state index >= 15 is 0 Å². The first-order chi connectivity index (χ1) is 8.59. The highest BCUT2D eigenvalue weighted by Crippen LogP contribution is 2.11. The Morgan fingerprint density at radius 3 is 1.05 bits per heavy atom. The van der Waals surface area contributed by atoms with E-state index in [0.29, 0.717) is 0 Å². The topological polar surface area (TPSA) is 210 Å². The average molecular weight is 280 g/mol. The van der Waals surface area contributed by atoms with Gasteiger partial charge in [0.1, 0.15) is 12.5 Å². The first-order valence-electron chi connectivity index (χ1n) is 4.67. The summed E-state index contributed by atoms with van der Waals surface area (Å²) < 4.78 is 4.45. The lowest BCUT2D eigenvalue weighted by atomic mass is 10.1. The molecule has 8 N–H and O–H groups in total. The fraction of sp³-hybridized carbons (Fsp3) is 0.500. The van der Waals surface area contributed by atoms with Gasteiger partial charge in [-0.1, -0.05) is 0 Å². The lowest BCUT2D eigenvalue weighted by molar-refractivity contribution is -0.171. The smallest absolute Gasteiger partial charge is 0.322 e. The predicted octanol–water partition coefficient (Wildman–Crippen LogP) is -2.86. The van der Waals surface area contributed by atoms with Crippen LogP contribution in [0.3, 0.4) is 0 Å². The molecule has 0 aromatic rings. The van der Waals surface area contributed by atoms with Gasteiger partial charge in [0.15, 0.2) is 11.8 Å². The first kappa shape index (κ1) is 16.8. The summed E-state index contributed by atoms with van der Waals surface area (Å²) in [5.74, 6) is -11.8. The van der Waals surface area contributed by atoms with Crippen molar-refractivity contribution in [1.82, 2.24) is 0 Å². The molecule has 0 amide bonds. The van der Waals surface area contributed by atoms with E-state index in [0.717, 1.165) is 0 Å². The Labute approximate surface area is 105 Å². The lowest BCUT2D eigenvalue weighted by Gasteiger charge is -2.23. The van der Waals surface area contributed by atoms with Crippen molar-refractivity contribution in [2.75, 3.05) is 0 Å². The van der Waals surface area contributed by atoms with Gasteiger partial charge >= 0.3 is 23.9 Å². The van der Waals surface area contributed by atoms with Gasteiger partial charge in [-0.05, 0) is 0 Å². The molecule has 19 heavy (non-hydrogen) atoms. The van der Waals surface area contributed by atoms with Crippen LogP contribution in [-0.4, -0.2) is 56.8 Å². The number of hydrogen-bond acceptors (Lipinski definition) is 7. The van der Waals surface area contributed by atoms with Crippen LogP contribution in [0.2, 0.25) is 0 Å². The van der Waals surface area contributed by atoms with Gasteiger partial charge in [0.25, 0.3) is 0 Å². The van der Waals surface area contributed by atoms with Crippen LogP contribution >= 0.6 is 0 Å². The summed E-state index contributed by atoms with van der Waals surface area (Å²) in [7, 11) is 0. The van der Waals surface area contributed by atoms with Crippen molar-refractivity contribution in [2.24, 2.45) is 23.3 Å². The SMILES string of the molecule is NC(OC(N)C(C(=O)O)C(=O)O)C(C(=O)O)C(=O)O. The quantitative estimate of drug-likeness (QED) is 0.196. The Morgan fingerprint density at radius 1 is 0.684 bits per heavy atom. The number of carbonyl (C=O) groups is 4. The molecular formula is C8H12N2O9. The van der Waals surface area contributed by atoms with E-state index in [1.54, 1.807) is 0 Å². The maximum Gasteiger partial charge on any atom is 0.322 e. The largest absolute Gasteiger partial charge is 0.480 e. The number of aliphatic carboxylic acids is 4. The van der Waals surface area contributed by atoms with Crippen molar-refractivity contribution in [2.45, 2.75) is 12.5 Å². The fourth-order valence-corrected chi connectivity index (χ4v) is 1.11. The molecule has 0 fully saturated rings. The van der Waals surface area contributed by atoms with E-state index in [-0.39, 0.29) is 0 Å². The summed E-state index contributed by atoms with van der Waals surface area (Å²) in [5.41, 5.74) is 10.2. The molecule has 108 valence electrons. The first-order valence-corrected chi connectivity index (χ1v) is 4.67. The standard InChI is InChI=1S/C8H12N2O9/c9-3(1(5(11)12)6(13)14)19-4(10)2(7(15)16)8(17)18/h1-4H,9-10H2,(H,11,12)(H,13,14)(H,15,16)(H,17,18). The number of carboxylic acids is 4. The maximum atomic E-state index is 10.6. The Morgan fingerprint density at radius 2 is 0.895 bits per heavy atom. The van der Waals surface area contributed by atoms with Crippen LogP contribution in [0, 0.1) is 11.8 Å². The molecule has 0 radical (unpaired) electrons. The molecule has 0 heterocycles. The molecular weight excluding hydrogens is 268 g/mol. The Hall–Kier alpha value is -2.24. The third-order valence-electron chi connectivity index (χ3n) is 2.04. The summed E-state index contributed by atoms with van der Waals surface area (Å²) in [5, 5.41) is 34.3. The number of rotatable bonds is 8. The minimum Gasteiger partial charge on any atom is -0.480 e. The van der Waals surface area contributed by atoms with Crippen molar-refractivity contribution in [1.29, 1.82) is 0 Å². The normalized spacial score (nSPS) is 14.1. The number of ether oxygens (including phenoxy) is 1. The van der Waals surface area contributed by atoms with E-state index in [4.69, 9.17) is 31.9 Å². The van der Waals surface area contributed by atoms with Crippen molar-refractivity contribution in [3.8, 4) is 0 Å². The molecule has 0 spiro atoms. The Kier molecular flexibility index (Phi) is 5.85. The highest BCUT2D eigenvalue weighted by molar-refractivity contribution is 5.94. The molecule has 11 nitrogen and oxygen atoms in total. The summed E-state index contributed by atoms with van der Waals surface area (Å²) in [6, 6.07) is 0. The molecule has 0 rings (SSSR count). The summed E-state index contributed by atoms with van der Waals surface area (Å²) in [6.45, 7) is 0. The van der Waals surface area contributed by atoms with Crippen LogP contribution in [0.25, 0.3) is 0 Å². The molecule has 0 aromatic heterocycles. The van der Waals surface area contributed by atoms with Gasteiger partial charge in [-0.25, -0.2) is 0 Å². The Bertz CT molecular complexity index is 332. The lowest BCUT2D eigenvalue weighted by Crippen LogP contribution is -2.51. The second kappa shape index (κ2) is 6.63. The monoisotopic (exact) mass is 280 g/mol. The zero-order valence-corrected chi connectivity index (χ0v) is 9.29. The van der Waals surface area contributed by atoms with Crippen LogP contribution in [0.4, 0.5) is 0 Å². The molecule has 2 unspecified atom stereocenters. The zero-order chi connectivity index (χ0) is 15.3. The zero-order valence-electron chi connectivity index (χ0n) is 9.29. The van der Waals surface area contributed by atoms with Crippen LogP contribution in [0.1, 0.15) is 0 Å². The minimum absolute atomic E-state index is 1.84. The minimum atomic E-state index is -2.21. The maximum absolute atomic E-state index is 10.6. The number of hydrogen-bond donors (Lipinski definition) is 6. The van der Waals surface area contributed by atoms with Gasteiger partial charge in [0.2, 0.25) is 0 Å². The van der Waals surface area contributed by atoms with Crippen LogP contribution in [0.5, 0.6) is 0 Å². The predicted molar refractivity (Wildman–Crippen MR) is 54.6 cm³/mol. The summed E-state index contributed by atoms with van der Waals surface area (Å²) in [6.07, 6.45) is -4.02. The van der Waals surface area contributed by atoms with Gasteiger partial charge in [-0.3, -0.25) is 19.2 Å².